The largest absolute Gasteiger partial charge is 0.490 e. The van der Waals surface area contributed by atoms with Crippen LogP contribution in [-0.2, 0) is 0 Å². The molecule has 0 bridgehead atoms. The van der Waals surface area contributed by atoms with Gasteiger partial charge in [-0.05, 0) is 37.3 Å². The van der Waals surface area contributed by atoms with E-state index in [9.17, 15) is 13.6 Å². The Labute approximate surface area is 147 Å². The van der Waals surface area contributed by atoms with Gasteiger partial charge in [-0.2, -0.15) is 8.78 Å². The van der Waals surface area contributed by atoms with Gasteiger partial charge in [0.1, 0.15) is 0 Å². The first-order valence-electron chi connectivity index (χ1n) is 6.88. The van der Waals surface area contributed by atoms with Crippen LogP contribution in [0.4, 0.5) is 14.5 Å². The molecule has 0 aliphatic heterocycles. The Morgan fingerprint density at radius 2 is 1.92 bits per heavy atom. The maximum absolute atomic E-state index is 12.4. The quantitative estimate of drug-likeness (QED) is 0.750. The number of hydrogen-bond donors (Lipinski definition) is 1. The maximum atomic E-state index is 12.4. The number of nitrogens with one attached hydrogen (secondary N) is 1. The Morgan fingerprint density at radius 3 is 2.54 bits per heavy atom. The standard InChI is InChI=1S/C16H13Cl2F2NO3/c1-2-23-14-8-10(4-6-13(14)24-16(19)20)21-15(22)11-5-3-9(17)7-12(11)18/h3-8,16H,2H2,1H3,(H,21,22). The van der Waals surface area contributed by atoms with Gasteiger partial charge in [0.25, 0.3) is 5.91 Å². The van der Waals surface area contributed by atoms with Crippen molar-refractivity contribution < 1.29 is 23.0 Å². The fourth-order valence-electron chi connectivity index (χ4n) is 1.92. The summed E-state index contributed by atoms with van der Waals surface area (Å²) in [5.74, 6) is -0.492. The molecular formula is C16H13Cl2F2NO3. The molecule has 2 aromatic carbocycles. The van der Waals surface area contributed by atoms with Crippen LogP contribution >= 0.6 is 23.2 Å². The van der Waals surface area contributed by atoms with Crippen LogP contribution < -0.4 is 14.8 Å². The van der Waals surface area contributed by atoms with Gasteiger partial charge in [-0.1, -0.05) is 23.2 Å². The van der Waals surface area contributed by atoms with Crippen molar-refractivity contribution in [2.45, 2.75) is 13.5 Å². The van der Waals surface area contributed by atoms with Gasteiger partial charge in [0.2, 0.25) is 0 Å². The molecule has 24 heavy (non-hydrogen) atoms. The van der Waals surface area contributed by atoms with E-state index in [1.54, 1.807) is 6.92 Å². The molecule has 1 N–H and O–H groups in total. The molecule has 4 nitrogen and oxygen atoms in total. The fraction of sp³-hybridized carbons (Fsp3) is 0.188. The van der Waals surface area contributed by atoms with E-state index in [0.29, 0.717) is 10.7 Å². The van der Waals surface area contributed by atoms with Gasteiger partial charge in [0.15, 0.2) is 11.5 Å². The first-order chi connectivity index (χ1) is 11.4. The lowest BCUT2D eigenvalue weighted by atomic mass is 10.2. The van der Waals surface area contributed by atoms with Crippen molar-refractivity contribution in [3.63, 3.8) is 0 Å². The summed E-state index contributed by atoms with van der Waals surface area (Å²) in [4.78, 5) is 12.2. The average molecular weight is 376 g/mol. The highest BCUT2D eigenvalue weighted by atomic mass is 35.5. The number of alkyl halides is 2. The third kappa shape index (κ3) is 4.72. The number of ether oxygens (including phenoxy) is 2. The molecule has 128 valence electrons. The highest BCUT2D eigenvalue weighted by Gasteiger charge is 2.15. The SMILES string of the molecule is CCOc1cc(NC(=O)c2ccc(Cl)cc2Cl)ccc1OC(F)F. The molecular weight excluding hydrogens is 363 g/mol. The van der Waals surface area contributed by atoms with Crippen molar-refractivity contribution >= 4 is 34.8 Å². The van der Waals surface area contributed by atoms with Crippen LogP contribution in [-0.4, -0.2) is 19.1 Å². The summed E-state index contributed by atoms with van der Waals surface area (Å²) in [5.41, 5.74) is 0.572. The smallest absolute Gasteiger partial charge is 0.387 e. The van der Waals surface area contributed by atoms with E-state index in [1.165, 1.54) is 36.4 Å². The van der Waals surface area contributed by atoms with Crippen LogP contribution in [0.2, 0.25) is 10.0 Å². The van der Waals surface area contributed by atoms with Crippen LogP contribution in [0.25, 0.3) is 0 Å². The fourth-order valence-corrected chi connectivity index (χ4v) is 2.41. The van der Waals surface area contributed by atoms with Crippen molar-refractivity contribution in [2.24, 2.45) is 0 Å². The van der Waals surface area contributed by atoms with Crippen LogP contribution in [0.15, 0.2) is 36.4 Å². The number of carbonyl (C=O) groups excluding carboxylic acids is 1. The minimum atomic E-state index is -2.97. The number of anilines is 1. The topological polar surface area (TPSA) is 47.6 Å². The van der Waals surface area contributed by atoms with E-state index in [0.717, 1.165) is 0 Å². The molecule has 0 saturated carbocycles. The van der Waals surface area contributed by atoms with Crippen LogP contribution in [0.1, 0.15) is 17.3 Å². The van der Waals surface area contributed by atoms with Gasteiger partial charge in [-0.3, -0.25) is 4.79 Å². The molecule has 0 heterocycles. The molecule has 0 aromatic heterocycles. The summed E-state index contributed by atoms with van der Waals surface area (Å²) in [6, 6.07) is 8.57. The predicted molar refractivity (Wildman–Crippen MR) is 88.7 cm³/mol. The van der Waals surface area contributed by atoms with Gasteiger partial charge < -0.3 is 14.8 Å². The Balaban J connectivity index is 2.22. The molecule has 2 aromatic rings. The minimum Gasteiger partial charge on any atom is -0.490 e. The molecule has 0 unspecified atom stereocenters. The van der Waals surface area contributed by atoms with Crippen LogP contribution in [0.5, 0.6) is 11.5 Å². The summed E-state index contributed by atoms with van der Waals surface area (Å²) >= 11 is 11.8. The summed E-state index contributed by atoms with van der Waals surface area (Å²) in [7, 11) is 0. The van der Waals surface area contributed by atoms with Crippen molar-refractivity contribution in [1.82, 2.24) is 0 Å². The number of rotatable bonds is 6. The second kappa shape index (κ2) is 8.17. The number of amides is 1. The van der Waals surface area contributed by atoms with Crippen LogP contribution in [0.3, 0.4) is 0 Å². The molecule has 0 atom stereocenters. The number of hydrogen-bond acceptors (Lipinski definition) is 3. The molecule has 0 spiro atoms. The summed E-state index contributed by atoms with van der Waals surface area (Å²) < 4.78 is 34.4. The van der Waals surface area contributed by atoms with E-state index in [2.05, 4.69) is 10.1 Å². The highest BCUT2D eigenvalue weighted by molar-refractivity contribution is 6.37. The molecule has 1 amide bonds. The van der Waals surface area contributed by atoms with E-state index >= 15 is 0 Å². The third-order valence-corrected chi connectivity index (χ3v) is 3.44. The van der Waals surface area contributed by atoms with Gasteiger partial charge >= 0.3 is 6.61 Å². The zero-order chi connectivity index (χ0) is 17.7. The Kier molecular flexibility index (Phi) is 6.23. The summed E-state index contributed by atoms with van der Waals surface area (Å²) in [6.07, 6.45) is 0. The highest BCUT2D eigenvalue weighted by Crippen LogP contribution is 2.32. The van der Waals surface area contributed by atoms with E-state index in [4.69, 9.17) is 27.9 Å². The van der Waals surface area contributed by atoms with E-state index in [1.807, 2.05) is 0 Å². The van der Waals surface area contributed by atoms with Gasteiger partial charge in [-0.25, -0.2) is 0 Å². The molecule has 0 fully saturated rings. The predicted octanol–water partition coefficient (Wildman–Crippen LogP) is 5.25. The van der Waals surface area contributed by atoms with Gasteiger partial charge in [-0.15, -0.1) is 0 Å². The molecule has 2 rings (SSSR count). The molecule has 8 heteroatoms. The Hall–Kier alpha value is -2.05. The molecule has 0 aliphatic rings. The molecule has 0 aliphatic carbocycles. The lowest BCUT2D eigenvalue weighted by Gasteiger charge is -2.13. The minimum absolute atomic E-state index is 0.0952. The maximum Gasteiger partial charge on any atom is 0.387 e. The Bertz CT molecular complexity index is 741. The average Bonchev–Trinajstić information content (AvgIpc) is 2.49. The first kappa shape index (κ1) is 18.3. The Morgan fingerprint density at radius 1 is 1.17 bits per heavy atom. The summed E-state index contributed by atoms with van der Waals surface area (Å²) in [6.45, 7) is -1.03. The van der Waals surface area contributed by atoms with Crippen LogP contribution in [0, 0.1) is 0 Å². The molecule has 0 saturated heterocycles. The second-order valence-corrected chi connectivity index (χ2v) is 5.39. The van der Waals surface area contributed by atoms with Crippen molar-refractivity contribution in [2.75, 3.05) is 11.9 Å². The second-order valence-electron chi connectivity index (χ2n) is 4.55. The van der Waals surface area contributed by atoms with Gasteiger partial charge in [0, 0.05) is 16.8 Å². The molecule has 0 radical (unpaired) electrons. The zero-order valence-corrected chi connectivity index (χ0v) is 14.0. The summed E-state index contributed by atoms with van der Waals surface area (Å²) in [5, 5.41) is 3.21. The third-order valence-electron chi connectivity index (χ3n) is 2.89. The lowest BCUT2D eigenvalue weighted by Crippen LogP contribution is -2.13. The van der Waals surface area contributed by atoms with Gasteiger partial charge in [0.05, 0.1) is 17.2 Å². The first-order valence-corrected chi connectivity index (χ1v) is 7.64. The number of carbonyl (C=O) groups is 1. The lowest BCUT2D eigenvalue weighted by molar-refractivity contribution is -0.0514. The monoisotopic (exact) mass is 375 g/mol. The normalized spacial score (nSPS) is 10.6. The van der Waals surface area contributed by atoms with E-state index < -0.39 is 12.5 Å². The van der Waals surface area contributed by atoms with Crippen molar-refractivity contribution in [3.8, 4) is 11.5 Å². The zero-order valence-electron chi connectivity index (χ0n) is 12.5. The van der Waals surface area contributed by atoms with Crippen molar-refractivity contribution in [3.05, 3.63) is 52.0 Å². The number of benzene rings is 2. The number of halogens is 4. The van der Waals surface area contributed by atoms with Crippen molar-refractivity contribution in [1.29, 1.82) is 0 Å². The van der Waals surface area contributed by atoms with E-state index in [-0.39, 0.29) is 28.7 Å².